The summed E-state index contributed by atoms with van der Waals surface area (Å²) in [4.78, 5) is 27.8. The molecule has 1 aromatic heterocycles. The van der Waals surface area contributed by atoms with Crippen LogP contribution in [-0.2, 0) is 10.0 Å². The molecule has 1 heterocycles. The standard InChI is InChI=1S/C21H16ClN3O4S/c1-12-9-17-18(24-21(27)20(26)23-17)11-19(12)30(28,29)25-14-7-8-15(16(22)10-14)13-5-3-2-4-6-13/h2-11,25H,1H3,(H,23,26)(H,24,27). The zero-order chi connectivity index (χ0) is 21.5. The van der Waals surface area contributed by atoms with E-state index in [-0.39, 0.29) is 10.4 Å². The van der Waals surface area contributed by atoms with E-state index in [4.69, 9.17) is 11.6 Å². The second kappa shape index (κ2) is 7.47. The highest BCUT2D eigenvalue weighted by atomic mass is 35.5. The highest BCUT2D eigenvalue weighted by Gasteiger charge is 2.19. The fourth-order valence-corrected chi connectivity index (χ4v) is 4.78. The monoisotopic (exact) mass is 441 g/mol. The first-order valence-electron chi connectivity index (χ1n) is 8.89. The highest BCUT2D eigenvalue weighted by Crippen LogP contribution is 2.31. The number of benzene rings is 3. The number of rotatable bonds is 4. The third-order valence-corrected chi connectivity index (χ3v) is 6.45. The van der Waals surface area contributed by atoms with Crippen molar-refractivity contribution in [2.24, 2.45) is 0 Å². The number of H-pyrrole nitrogens is 2. The van der Waals surface area contributed by atoms with Crippen molar-refractivity contribution in [2.45, 2.75) is 11.8 Å². The number of hydrogen-bond acceptors (Lipinski definition) is 4. The molecule has 4 rings (SSSR count). The second-order valence-electron chi connectivity index (χ2n) is 6.74. The Labute approximate surface area is 176 Å². The van der Waals surface area contributed by atoms with Gasteiger partial charge in [-0.15, -0.1) is 0 Å². The number of sulfonamides is 1. The van der Waals surface area contributed by atoms with Crippen molar-refractivity contribution in [2.75, 3.05) is 4.72 Å². The van der Waals surface area contributed by atoms with Gasteiger partial charge in [0.2, 0.25) is 0 Å². The van der Waals surface area contributed by atoms with Crippen LogP contribution in [0.3, 0.4) is 0 Å². The van der Waals surface area contributed by atoms with E-state index >= 15 is 0 Å². The second-order valence-corrected chi connectivity index (χ2v) is 8.80. The first-order valence-corrected chi connectivity index (χ1v) is 10.8. The Morgan fingerprint density at radius 3 is 2.13 bits per heavy atom. The van der Waals surface area contributed by atoms with Crippen LogP contribution in [0.25, 0.3) is 22.2 Å². The van der Waals surface area contributed by atoms with Gasteiger partial charge in [0.25, 0.3) is 10.0 Å². The molecule has 0 unspecified atom stereocenters. The minimum Gasteiger partial charge on any atom is -0.316 e. The number of aromatic amines is 2. The molecule has 0 saturated heterocycles. The van der Waals surface area contributed by atoms with E-state index < -0.39 is 21.1 Å². The topological polar surface area (TPSA) is 112 Å². The largest absolute Gasteiger partial charge is 0.316 e. The maximum atomic E-state index is 13.0. The Hall–Kier alpha value is -3.36. The van der Waals surface area contributed by atoms with Crippen LogP contribution in [0.4, 0.5) is 5.69 Å². The summed E-state index contributed by atoms with van der Waals surface area (Å²) in [7, 11) is -3.98. The lowest BCUT2D eigenvalue weighted by Crippen LogP contribution is -2.29. The van der Waals surface area contributed by atoms with Gasteiger partial charge in [0, 0.05) is 5.56 Å². The average Bonchev–Trinajstić information content (AvgIpc) is 2.69. The molecule has 0 saturated carbocycles. The number of halogens is 1. The number of nitrogens with one attached hydrogen (secondary N) is 3. The maximum Gasteiger partial charge on any atom is 0.314 e. The first-order chi connectivity index (χ1) is 14.2. The predicted molar refractivity (Wildman–Crippen MR) is 118 cm³/mol. The molecule has 0 atom stereocenters. The van der Waals surface area contributed by atoms with Gasteiger partial charge in [-0.25, -0.2) is 8.42 Å². The minimum atomic E-state index is -3.98. The quantitative estimate of drug-likeness (QED) is 0.419. The summed E-state index contributed by atoms with van der Waals surface area (Å²) in [5.41, 5.74) is 1.30. The molecular weight excluding hydrogens is 426 g/mol. The lowest BCUT2D eigenvalue weighted by atomic mass is 10.1. The molecule has 0 aliphatic carbocycles. The molecule has 3 N–H and O–H groups in total. The van der Waals surface area contributed by atoms with E-state index in [1.165, 1.54) is 18.2 Å². The number of fused-ring (bicyclic) bond motifs is 1. The SMILES string of the molecule is Cc1cc2[nH]c(=O)c(=O)[nH]c2cc1S(=O)(=O)Nc1ccc(-c2ccccc2)c(Cl)c1. The van der Waals surface area contributed by atoms with E-state index in [0.29, 0.717) is 21.8 Å². The number of hydrogen-bond donors (Lipinski definition) is 3. The van der Waals surface area contributed by atoms with Gasteiger partial charge in [0.15, 0.2) is 0 Å². The Balaban J connectivity index is 1.72. The van der Waals surface area contributed by atoms with Crippen molar-refractivity contribution >= 4 is 38.3 Å². The number of aryl methyl sites for hydroxylation is 1. The zero-order valence-corrected chi connectivity index (χ0v) is 17.3. The van der Waals surface area contributed by atoms with Crippen LogP contribution in [0, 0.1) is 6.92 Å². The Kier molecular flexibility index (Phi) is 4.97. The molecule has 30 heavy (non-hydrogen) atoms. The van der Waals surface area contributed by atoms with Crippen molar-refractivity contribution in [3.05, 3.63) is 92.0 Å². The van der Waals surface area contributed by atoms with Crippen molar-refractivity contribution < 1.29 is 8.42 Å². The van der Waals surface area contributed by atoms with Gasteiger partial charge in [0.1, 0.15) is 0 Å². The molecule has 0 aliphatic heterocycles. The Morgan fingerprint density at radius 2 is 1.50 bits per heavy atom. The molecule has 0 aliphatic rings. The molecule has 4 aromatic rings. The van der Waals surface area contributed by atoms with Crippen LogP contribution in [0.5, 0.6) is 0 Å². The van der Waals surface area contributed by atoms with Crippen LogP contribution in [0.15, 0.2) is 75.1 Å². The third-order valence-electron chi connectivity index (χ3n) is 4.61. The molecule has 0 bridgehead atoms. The summed E-state index contributed by atoms with van der Waals surface area (Å²) in [6.07, 6.45) is 0. The van der Waals surface area contributed by atoms with Gasteiger partial charge in [-0.2, -0.15) is 0 Å². The van der Waals surface area contributed by atoms with Crippen molar-refractivity contribution in [1.29, 1.82) is 0 Å². The Morgan fingerprint density at radius 1 is 0.867 bits per heavy atom. The minimum absolute atomic E-state index is 0.0269. The van der Waals surface area contributed by atoms with Crippen LogP contribution in [-0.4, -0.2) is 18.4 Å². The van der Waals surface area contributed by atoms with E-state index in [1.807, 2.05) is 30.3 Å². The maximum absolute atomic E-state index is 13.0. The molecule has 7 nitrogen and oxygen atoms in total. The Bertz CT molecular complexity index is 1490. The van der Waals surface area contributed by atoms with Crippen LogP contribution in [0.1, 0.15) is 5.56 Å². The van der Waals surface area contributed by atoms with Crippen LogP contribution >= 0.6 is 11.6 Å². The van der Waals surface area contributed by atoms with E-state index in [0.717, 1.165) is 11.1 Å². The van der Waals surface area contributed by atoms with E-state index in [1.54, 1.807) is 19.1 Å². The van der Waals surface area contributed by atoms with Gasteiger partial charge in [-0.05, 0) is 42.3 Å². The van der Waals surface area contributed by atoms with Gasteiger partial charge in [0.05, 0.1) is 26.6 Å². The smallest absolute Gasteiger partial charge is 0.314 e. The summed E-state index contributed by atoms with van der Waals surface area (Å²) >= 11 is 6.37. The van der Waals surface area contributed by atoms with Crippen molar-refractivity contribution in [3.8, 4) is 11.1 Å². The van der Waals surface area contributed by atoms with Gasteiger partial charge < -0.3 is 9.97 Å². The fourth-order valence-electron chi connectivity index (χ4n) is 3.18. The molecule has 3 aromatic carbocycles. The first kappa shape index (κ1) is 19.9. The summed E-state index contributed by atoms with van der Waals surface area (Å²) in [6.45, 7) is 1.60. The van der Waals surface area contributed by atoms with Crippen LogP contribution < -0.4 is 15.8 Å². The number of aromatic nitrogens is 2. The number of anilines is 1. The summed E-state index contributed by atoms with van der Waals surface area (Å²) in [5.74, 6) is 0. The lowest BCUT2D eigenvalue weighted by molar-refractivity contribution is 0.600. The molecule has 0 spiro atoms. The van der Waals surface area contributed by atoms with Crippen molar-refractivity contribution in [3.63, 3.8) is 0 Å². The summed E-state index contributed by atoms with van der Waals surface area (Å²) in [5, 5.41) is 0.401. The highest BCUT2D eigenvalue weighted by molar-refractivity contribution is 7.92. The van der Waals surface area contributed by atoms with E-state index in [9.17, 15) is 18.0 Å². The third kappa shape index (κ3) is 3.74. The molecule has 0 radical (unpaired) electrons. The molecule has 152 valence electrons. The predicted octanol–water partition coefficient (Wildman–Crippen LogP) is 3.65. The van der Waals surface area contributed by atoms with E-state index in [2.05, 4.69) is 14.7 Å². The lowest BCUT2D eigenvalue weighted by Gasteiger charge is -2.13. The summed E-state index contributed by atoms with van der Waals surface area (Å²) in [6, 6.07) is 17.2. The van der Waals surface area contributed by atoms with Gasteiger partial charge >= 0.3 is 11.1 Å². The van der Waals surface area contributed by atoms with Gasteiger partial charge in [-0.3, -0.25) is 14.3 Å². The molecule has 9 heteroatoms. The molecular formula is C21H16ClN3O4S. The molecule has 0 fully saturated rings. The molecule has 0 amide bonds. The summed E-state index contributed by atoms with van der Waals surface area (Å²) < 4.78 is 28.4. The van der Waals surface area contributed by atoms with Crippen molar-refractivity contribution in [1.82, 2.24) is 9.97 Å². The van der Waals surface area contributed by atoms with Crippen LogP contribution in [0.2, 0.25) is 5.02 Å². The normalized spacial score (nSPS) is 11.5. The van der Waals surface area contributed by atoms with Gasteiger partial charge in [-0.1, -0.05) is 48.0 Å². The fraction of sp³-hybridized carbons (Fsp3) is 0.0476. The average molecular weight is 442 g/mol. The zero-order valence-electron chi connectivity index (χ0n) is 15.7.